The van der Waals surface area contributed by atoms with E-state index in [1.54, 1.807) is 18.2 Å². The van der Waals surface area contributed by atoms with Gasteiger partial charge in [0, 0.05) is 35.7 Å². The van der Waals surface area contributed by atoms with Gasteiger partial charge in [0.15, 0.2) is 5.13 Å². The Kier molecular flexibility index (Phi) is 7.00. The van der Waals surface area contributed by atoms with Gasteiger partial charge in [-0.05, 0) is 30.3 Å². The molecule has 1 heterocycles. The number of carbonyl (C=O) groups excluding carboxylic acids is 1. The van der Waals surface area contributed by atoms with Crippen molar-refractivity contribution in [3.63, 3.8) is 0 Å². The maximum Gasteiger partial charge on any atom is 0.325 e. The highest BCUT2D eigenvalue weighted by atomic mass is 35.5. The number of nitrogens with one attached hydrogen (secondary N) is 2. The van der Waals surface area contributed by atoms with Crippen molar-refractivity contribution in [2.75, 3.05) is 17.7 Å². The molecule has 4 N–H and O–H groups in total. The van der Waals surface area contributed by atoms with Gasteiger partial charge >= 0.3 is 6.03 Å². The third-order valence-corrected chi connectivity index (χ3v) is 5.19. The van der Waals surface area contributed by atoms with Crippen molar-refractivity contribution in [3.8, 4) is 0 Å². The Bertz CT molecular complexity index is 931. The zero-order chi connectivity index (χ0) is 19.9. The topological polar surface area (TPSA) is 83.3 Å². The number of hydrogen-bond acceptors (Lipinski definition) is 5. The minimum absolute atomic E-state index is 0.353. The highest BCUT2D eigenvalue weighted by molar-refractivity contribution is 7.13. The van der Waals surface area contributed by atoms with Crippen LogP contribution in [0.15, 0.2) is 53.9 Å². The summed E-state index contributed by atoms with van der Waals surface area (Å²) in [7, 11) is 2.04. The molecule has 0 aliphatic rings. The van der Waals surface area contributed by atoms with Crippen LogP contribution in [-0.2, 0) is 19.6 Å². The molecule has 28 heavy (non-hydrogen) atoms. The number of nitrogens with zero attached hydrogens (tertiary/aromatic N) is 2. The second kappa shape index (κ2) is 9.66. The van der Waals surface area contributed by atoms with E-state index in [4.69, 9.17) is 17.3 Å². The summed E-state index contributed by atoms with van der Waals surface area (Å²) >= 11 is 7.51. The summed E-state index contributed by atoms with van der Waals surface area (Å²) < 4.78 is 0. The fourth-order valence-corrected chi connectivity index (χ4v) is 3.67. The van der Waals surface area contributed by atoms with Crippen LogP contribution in [0.1, 0.15) is 16.8 Å². The van der Waals surface area contributed by atoms with Crippen LogP contribution in [-0.4, -0.2) is 23.0 Å². The lowest BCUT2D eigenvalue weighted by molar-refractivity contribution is 0.262. The summed E-state index contributed by atoms with van der Waals surface area (Å²) in [4.78, 5) is 18.8. The Morgan fingerprint density at radius 3 is 2.68 bits per heavy atom. The molecule has 0 saturated carbocycles. The quantitative estimate of drug-likeness (QED) is 0.529. The average molecular weight is 416 g/mol. The molecular weight excluding hydrogens is 394 g/mol. The molecule has 0 atom stereocenters. The van der Waals surface area contributed by atoms with E-state index >= 15 is 0 Å². The van der Waals surface area contributed by atoms with Crippen LogP contribution >= 0.6 is 22.9 Å². The van der Waals surface area contributed by atoms with Gasteiger partial charge in [-0.1, -0.05) is 48.0 Å². The SMILES string of the molecule is CN(Cc1ccccc1)Cc1csc(NC(=O)Nc2ccc(CN)c(Cl)c2)n1. The van der Waals surface area contributed by atoms with Crippen molar-refractivity contribution in [2.24, 2.45) is 5.73 Å². The molecule has 0 saturated heterocycles. The van der Waals surface area contributed by atoms with Crippen molar-refractivity contribution in [3.05, 3.63) is 75.8 Å². The van der Waals surface area contributed by atoms with Gasteiger partial charge in [-0.2, -0.15) is 0 Å². The second-order valence-corrected chi connectivity index (χ2v) is 7.66. The standard InChI is InChI=1S/C20H22ClN5OS/c1-26(11-14-5-3-2-4-6-14)12-17-13-28-20(24-17)25-19(27)23-16-8-7-15(10-22)18(21)9-16/h2-9,13H,10-12,22H2,1H3,(H2,23,24,25,27). The number of amides is 2. The number of benzene rings is 2. The molecule has 3 rings (SSSR count). The maximum atomic E-state index is 12.2. The van der Waals surface area contributed by atoms with Gasteiger partial charge in [0.2, 0.25) is 0 Å². The largest absolute Gasteiger partial charge is 0.326 e. The molecule has 146 valence electrons. The Morgan fingerprint density at radius 1 is 1.18 bits per heavy atom. The van der Waals surface area contributed by atoms with Gasteiger partial charge in [0.25, 0.3) is 0 Å². The number of thiazole rings is 1. The van der Waals surface area contributed by atoms with Crippen LogP contribution in [0.2, 0.25) is 5.02 Å². The minimum Gasteiger partial charge on any atom is -0.326 e. The number of halogens is 1. The van der Waals surface area contributed by atoms with E-state index in [9.17, 15) is 4.79 Å². The van der Waals surface area contributed by atoms with Crippen molar-refractivity contribution in [1.29, 1.82) is 0 Å². The molecule has 0 spiro atoms. The third kappa shape index (κ3) is 5.77. The first-order chi connectivity index (χ1) is 13.5. The summed E-state index contributed by atoms with van der Waals surface area (Å²) in [6.07, 6.45) is 0. The highest BCUT2D eigenvalue weighted by Crippen LogP contribution is 2.21. The Morgan fingerprint density at radius 2 is 1.96 bits per heavy atom. The van der Waals surface area contributed by atoms with Gasteiger partial charge in [-0.15, -0.1) is 11.3 Å². The summed E-state index contributed by atoms with van der Waals surface area (Å²) in [5.74, 6) is 0. The predicted molar refractivity (Wildman–Crippen MR) is 116 cm³/mol. The zero-order valence-electron chi connectivity index (χ0n) is 15.5. The Balaban J connectivity index is 1.52. The third-order valence-electron chi connectivity index (χ3n) is 4.03. The second-order valence-electron chi connectivity index (χ2n) is 6.39. The van der Waals surface area contributed by atoms with E-state index in [0.717, 1.165) is 17.8 Å². The van der Waals surface area contributed by atoms with E-state index in [-0.39, 0.29) is 6.03 Å². The summed E-state index contributed by atoms with van der Waals surface area (Å²) in [5, 5.41) is 8.52. The van der Waals surface area contributed by atoms with Crippen molar-refractivity contribution < 1.29 is 4.79 Å². The molecule has 0 unspecified atom stereocenters. The number of carbonyl (C=O) groups is 1. The Hall–Kier alpha value is -2.45. The van der Waals surface area contributed by atoms with Crippen molar-refractivity contribution in [2.45, 2.75) is 19.6 Å². The Labute approximate surface area is 173 Å². The minimum atomic E-state index is -0.366. The molecule has 3 aromatic rings. The molecule has 0 bridgehead atoms. The van der Waals surface area contributed by atoms with E-state index < -0.39 is 0 Å². The molecule has 8 heteroatoms. The number of urea groups is 1. The molecule has 0 radical (unpaired) electrons. The van der Waals surface area contributed by atoms with E-state index in [2.05, 4.69) is 32.7 Å². The van der Waals surface area contributed by atoms with Gasteiger partial charge in [-0.3, -0.25) is 10.2 Å². The molecule has 2 amide bonds. The molecule has 0 aliphatic heterocycles. The normalized spacial score (nSPS) is 10.9. The zero-order valence-corrected chi connectivity index (χ0v) is 17.1. The van der Waals surface area contributed by atoms with Crippen LogP contribution in [0.25, 0.3) is 0 Å². The lowest BCUT2D eigenvalue weighted by atomic mass is 10.2. The highest BCUT2D eigenvalue weighted by Gasteiger charge is 2.10. The van der Waals surface area contributed by atoms with Crippen molar-refractivity contribution >= 4 is 39.8 Å². The monoisotopic (exact) mass is 415 g/mol. The van der Waals surface area contributed by atoms with Crippen molar-refractivity contribution in [1.82, 2.24) is 9.88 Å². The van der Waals surface area contributed by atoms with Gasteiger partial charge < -0.3 is 11.1 Å². The van der Waals surface area contributed by atoms with Gasteiger partial charge in [0.1, 0.15) is 0 Å². The summed E-state index contributed by atoms with van der Waals surface area (Å²) in [6, 6.07) is 15.1. The molecule has 1 aromatic heterocycles. The lowest BCUT2D eigenvalue weighted by Gasteiger charge is -2.15. The summed E-state index contributed by atoms with van der Waals surface area (Å²) in [6.45, 7) is 1.89. The number of aromatic nitrogens is 1. The first kappa shape index (κ1) is 20.3. The number of nitrogens with two attached hydrogens (primary N) is 1. The van der Waals surface area contributed by atoms with Crippen LogP contribution in [0, 0.1) is 0 Å². The summed E-state index contributed by atoms with van der Waals surface area (Å²) in [5.41, 5.74) is 9.17. The van der Waals surface area contributed by atoms with Crippen LogP contribution in [0.5, 0.6) is 0 Å². The average Bonchev–Trinajstić information content (AvgIpc) is 3.09. The number of anilines is 2. The first-order valence-electron chi connectivity index (χ1n) is 8.77. The molecule has 0 fully saturated rings. The maximum absolute atomic E-state index is 12.2. The molecule has 0 aliphatic carbocycles. The van der Waals surface area contributed by atoms with Gasteiger partial charge in [-0.25, -0.2) is 9.78 Å². The lowest BCUT2D eigenvalue weighted by Crippen LogP contribution is -2.20. The van der Waals surface area contributed by atoms with E-state index in [1.165, 1.54) is 16.9 Å². The predicted octanol–water partition coefficient (Wildman–Crippen LogP) is 4.53. The molecular formula is C20H22ClN5OS. The fraction of sp³-hybridized carbons (Fsp3) is 0.200. The van der Waals surface area contributed by atoms with E-state index in [1.807, 2.05) is 30.6 Å². The molecule has 2 aromatic carbocycles. The van der Waals surface area contributed by atoms with Crippen LogP contribution in [0.4, 0.5) is 15.6 Å². The number of rotatable bonds is 7. The first-order valence-corrected chi connectivity index (χ1v) is 10.0. The smallest absolute Gasteiger partial charge is 0.325 e. The van der Waals surface area contributed by atoms with Crippen LogP contribution < -0.4 is 16.4 Å². The van der Waals surface area contributed by atoms with Gasteiger partial charge in [0.05, 0.1) is 5.69 Å². The molecule has 6 nitrogen and oxygen atoms in total. The van der Waals surface area contributed by atoms with Crippen LogP contribution in [0.3, 0.4) is 0 Å². The fourth-order valence-electron chi connectivity index (χ4n) is 2.71. The van der Waals surface area contributed by atoms with E-state index in [0.29, 0.717) is 28.9 Å². The number of hydrogen-bond donors (Lipinski definition) is 3.